The molecule has 0 aliphatic rings. The molecule has 1 aromatic carbocycles. The molecule has 0 saturated heterocycles. The van der Waals surface area contributed by atoms with Crippen LogP contribution in [0.15, 0.2) is 16.6 Å². The number of hydrogen-bond donors (Lipinski definition) is 1. The van der Waals surface area contributed by atoms with Gasteiger partial charge in [0.2, 0.25) is 0 Å². The molecule has 0 radical (unpaired) electrons. The number of hydrogen-bond acceptors (Lipinski definition) is 1. The predicted molar refractivity (Wildman–Crippen MR) is 49.4 cm³/mol. The summed E-state index contributed by atoms with van der Waals surface area (Å²) in [7, 11) is 0. The quantitative estimate of drug-likeness (QED) is 0.801. The molecule has 72 valence electrons. The van der Waals surface area contributed by atoms with Crippen LogP contribution in [-0.2, 0) is 6.42 Å². The highest BCUT2D eigenvalue weighted by Crippen LogP contribution is 2.21. The zero-order chi connectivity index (χ0) is 10.0. The van der Waals surface area contributed by atoms with Gasteiger partial charge in [0.1, 0.15) is 11.6 Å². The molecule has 1 unspecified atom stereocenters. The molecule has 1 N–H and O–H groups in total. The summed E-state index contributed by atoms with van der Waals surface area (Å²) in [5.74, 6) is -1.29. The van der Waals surface area contributed by atoms with Crippen LogP contribution in [0.25, 0.3) is 0 Å². The van der Waals surface area contributed by atoms with Crippen LogP contribution in [0.4, 0.5) is 8.78 Å². The van der Waals surface area contributed by atoms with E-state index in [1.54, 1.807) is 6.92 Å². The fraction of sp³-hybridized carbons (Fsp3) is 0.333. The summed E-state index contributed by atoms with van der Waals surface area (Å²) in [5.41, 5.74) is 0.452. The molecule has 0 aliphatic heterocycles. The topological polar surface area (TPSA) is 20.2 Å². The molecule has 0 heterocycles. The van der Waals surface area contributed by atoms with Crippen LogP contribution in [0.2, 0.25) is 0 Å². The molecule has 0 amide bonds. The van der Waals surface area contributed by atoms with E-state index in [1.165, 1.54) is 12.1 Å². The van der Waals surface area contributed by atoms with Crippen molar-refractivity contribution in [2.75, 3.05) is 0 Å². The van der Waals surface area contributed by atoms with Crippen LogP contribution >= 0.6 is 15.9 Å². The molecule has 1 aromatic rings. The normalized spacial score (nSPS) is 13.0. The molecule has 1 atom stereocenters. The van der Waals surface area contributed by atoms with Gasteiger partial charge in [0.15, 0.2) is 0 Å². The summed E-state index contributed by atoms with van der Waals surface area (Å²) >= 11 is 2.77. The molecule has 0 spiro atoms. The molecule has 13 heavy (non-hydrogen) atoms. The first-order valence-corrected chi connectivity index (χ1v) is 4.61. The van der Waals surface area contributed by atoms with E-state index in [4.69, 9.17) is 5.11 Å². The van der Waals surface area contributed by atoms with Crippen molar-refractivity contribution in [3.8, 4) is 0 Å². The van der Waals surface area contributed by atoms with Crippen molar-refractivity contribution in [2.45, 2.75) is 19.4 Å². The fourth-order valence-corrected chi connectivity index (χ4v) is 1.30. The Morgan fingerprint density at radius 3 is 2.23 bits per heavy atom. The molecule has 0 bridgehead atoms. The van der Waals surface area contributed by atoms with Gasteiger partial charge in [-0.3, -0.25) is 0 Å². The third kappa shape index (κ3) is 2.74. The number of rotatable bonds is 2. The standard InChI is InChI=1S/C9H9BrF2O/c1-5(13)2-6-3-7(11)9(10)8(12)4-6/h3-5,13H,2H2,1H3. The number of aliphatic hydroxyl groups is 1. The largest absolute Gasteiger partial charge is 0.393 e. The van der Waals surface area contributed by atoms with Crippen molar-refractivity contribution < 1.29 is 13.9 Å². The molecule has 0 aromatic heterocycles. The van der Waals surface area contributed by atoms with Gasteiger partial charge in [0, 0.05) is 0 Å². The van der Waals surface area contributed by atoms with Crippen LogP contribution in [0.5, 0.6) is 0 Å². The van der Waals surface area contributed by atoms with Gasteiger partial charge in [-0.05, 0) is 47.0 Å². The van der Waals surface area contributed by atoms with Crippen LogP contribution < -0.4 is 0 Å². The summed E-state index contributed by atoms with van der Waals surface area (Å²) in [4.78, 5) is 0. The third-order valence-corrected chi connectivity index (χ3v) is 2.33. The van der Waals surface area contributed by atoms with E-state index in [0.29, 0.717) is 5.56 Å². The lowest BCUT2D eigenvalue weighted by molar-refractivity contribution is 0.195. The van der Waals surface area contributed by atoms with Gasteiger partial charge in [-0.25, -0.2) is 8.78 Å². The lowest BCUT2D eigenvalue weighted by atomic mass is 10.1. The smallest absolute Gasteiger partial charge is 0.140 e. The molecule has 1 nitrogen and oxygen atoms in total. The summed E-state index contributed by atoms with van der Waals surface area (Å²) in [6.45, 7) is 1.57. The maximum Gasteiger partial charge on any atom is 0.140 e. The van der Waals surface area contributed by atoms with Gasteiger partial charge in [0.05, 0.1) is 10.6 Å². The Morgan fingerprint density at radius 1 is 1.38 bits per heavy atom. The monoisotopic (exact) mass is 250 g/mol. The van der Waals surface area contributed by atoms with E-state index in [1.807, 2.05) is 0 Å². The second kappa shape index (κ2) is 4.15. The Labute approximate surface area is 83.5 Å². The van der Waals surface area contributed by atoms with Crippen LogP contribution in [-0.4, -0.2) is 11.2 Å². The maximum absolute atomic E-state index is 12.9. The average molecular weight is 251 g/mol. The number of aliphatic hydroxyl groups excluding tert-OH is 1. The zero-order valence-electron chi connectivity index (χ0n) is 7.02. The lowest BCUT2D eigenvalue weighted by Gasteiger charge is -2.05. The van der Waals surface area contributed by atoms with Crippen molar-refractivity contribution in [3.63, 3.8) is 0 Å². The van der Waals surface area contributed by atoms with E-state index < -0.39 is 17.7 Å². The van der Waals surface area contributed by atoms with E-state index in [0.717, 1.165) is 0 Å². The van der Waals surface area contributed by atoms with Gasteiger partial charge < -0.3 is 5.11 Å². The van der Waals surface area contributed by atoms with E-state index >= 15 is 0 Å². The summed E-state index contributed by atoms with van der Waals surface area (Å²) in [6.07, 6.45) is -0.346. The fourth-order valence-electron chi connectivity index (χ4n) is 1.07. The van der Waals surface area contributed by atoms with Crippen LogP contribution in [0.3, 0.4) is 0 Å². The first kappa shape index (κ1) is 10.6. The Bertz CT molecular complexity index is 289. The molecule has 0 saturated carbocycles. The molecule has 4 heteroatoms. The average Bonchev–Trinajstić information content (AvgIpc) is 1.98. The van der Waals surface area contributed by atoms with Crippen molar-refractivity contribution >= 4 is 15.9 Å². The molecule has 0 fully saturated rings. The second-order valence-corrected chi connectivity index (χ2v) is 3.72. The summed E-state index contributed by atoms with van der Waals surface area (Å²) in [5, 5.41) is 9.00. The van der Waals surface area contributed by atoms with Gasteiger partial charge in [-0.2, -0.15) is 0 Å². The Hall–Kier alpha value is -0.480. The Morgan fingerprint density at radius 2 is 1.85 bits per heavy atom. The van der Waals surface area contributed by atoms with Crippen molar-refractivity contribution in [1.82, 2.24) is 0 Å². The van der Waals surface area contributed by atoms with Crippen molar-refractivity contribution in [1.29, 1.82) is 0 Å². The number of halogens is 3. The molecule has 1 rings (SSSR count). The van der Waals surface area contributed by atoms with Crippen molar-refractivity contribution in [2.24, 2.45) is 0 Å². The highest BCUT2D eigenvalue weighted by Gasteiger charge is 2.09. The Balaban J connectivity index is 2.99. The lowest BCUT2D eigenvalue weighted by Crippen LogP contribution is -2.05. The SMILES string of the molecule is CC(O)Cc1cc(F)c(Br)c(F)c1. The first-order valence-electron chi connectivity index (χ1n) is 3.82. The molecular weight excluding hydrogens is 242 g/mol. The highest BCUT2D eigenvalue weighted by atomic mass is 79.9. The summed E-state index contributed by atoms with van der Waals surface area (Å²) < 4.78 is 25.7. The van der Waals surface area contributed by atoms with Gasteiger partial charge >= 0.3 is 0 Å². The van der Waals surface area contributed by atoms with Gasteiger partial charge in [-0.1, -0.05) is 0 Å². The minimum Gasteiger partial charge on any atom is -0.393 e. The van der Waals surface area contributed by atoms with Gasteiger partial charge in [0.25, 0.3) is 0 Å². The third-order valence-electron chi connectivity index (χ3n) is 1.57. The van der Waals surface area contributed by atoms with Gasteiger partial charge in [-0.15, -0.1) is 0 Å². The number of benzene rings is 1. The van der Waals surface area contributed by atoms with E-state index in [2.05, 4.69) is 15.9 Å². The zero-order valence-corrected chi connectivity index (χ0v) is 8.61. The van der Waals surface area contributed by atoms with E-state index in [9.17, 15) is 8.78 Å². The molecular formula is C9H9BrF2O. The van der Waals surface area contributed by atoms with Crippen LogP contribution in [0.1, 0.15) is 12.5 Å². The maximum atomic E-state index is 12.9. The Kier molecular flexibility index (Phi) is 3.39. The first-order chi connectivity index (χ1) is 6.00. The van der Waals surface area contributed by atoms with Crippen molar-refractivity contribution in [3.05, 3.63) is 33.8 Å². The minimum absolute atomic E-state index is 0.165. The predicted octanol–water partition coefficient (Wildman–Crippen LogP) is 2.65. The highest BCUT2D eigenvalue weighted by molar-refractivity contribution is 9.10. The van der Waals surface area contributed by atoms with E-state index in [-0.39, 0.29) is 10.9 Å². The summed E-state index contributed by atoms with van der Waals surface area (Å²) in [6, 6.07) is 2.42. The van der Waals surface area contributed by atoms with Crippen LogP contribution in [0, 0.1) is 11.6 Å². The molecule has 0 aliphatic carbocycles. The minimum atomic E-state index is -0.643. The second-order valence-electron chi connectivity index (χ2n) is 2.93.